The second kappa shape index (κ2) is 7.06. The van der Waals surface area contributed by atoms with Crippen LogP contribution in [0.15, 0.2) is 63.5 Å². The fourth-order valence-electron chi connectivity index (χ4n) is 2.32. The van der Waals surface area contributed by atoms with Gasteiger partial charge in [0, 0.05) is 16.6 Å². The third kappa shape index (κ3) is 3.68. The zero-order valence-corrected chi connectivity index (χ0v) is 14.7. The van der Waals surface area contributed by atoms with Crippen LogP contribution >= 0.6 is 15.9 Å². The summed E-state index contributed by atoms with van der Waals surface area (Å²) in [5.41, 5.74) is 2.16. The summed E-state index contributed by atoms with van der Waals surface area (Å²) >= 11 is 3.59. The highest BCUT2D eigenvalue weighted by Crippen LogP contribution is 2.25. The van der Waals surface area contributed by atoms with Crippen molar-refractivity contribution in [2.75, 3.05) is 7.05 Å². The molecule has 0 N–H and O–H groups in total. The van der Waals surface area contributed by atoms with E-state index in [9.17, 15) is 0 Å². The van der Waals surface area contributed by atoms with Gasteiger partial charge in [-0.25, -0.2) is 0 Å². The Balaban J connectivity index is 1.74. The Labute approximate surface area is 144 Å². The van der Waals surface area contributed by atoms with E-state index in [1.54, 1.807) is 0 Å². The minimum absolute atomic E-state index is 0.0343. The first-order chi connectivity index (χ1) is 11.1. The van der Waals surface area contributed by atoms with E-state index in [1.807, 2.05) is 48.5 Å². The lowest BCUT2D eigenvalue weighted by atomic mass is 10.2. The van der Waals surface area contributed by atoms with Crippen LogP contribution in [-0.2, 0) is 6.54 Å². The van der Waals surface area contributed by atoms with Gasteiger partial charge in [0.25, 0.3) is 0 Å². The molecule has 1 heterocycles. The van der Waals surface area contributed by atoms with E-state index in [4.69, 9.17) is 4.42 Å². The molecule has 0 bridgehead atoms. The standard InChI is InChI=1S/C18H18BrN3O/c1-13(22(2)12-15-10-6-7-11-16(15)19)17-20-21-18(23-17)14-8-4-3-5-9-14/h3-11,13H,12H2,1-2H3. The smallest absolute Gasteiger partial charge is 0.247 e. The summed E-state index contributed by atoms with van der Waals surface area (Å²) in [6, 6.07) is 18.1. The molecule has 0 saturated carbocycles. The van der Waals surface area contributed by atoms with Crippen LogP contribution in [0.4, 0.5) is 0 Å². The van der Waals surface area contributed by atoms with E-state index < -0.39 is 0 Å². The SMILES string of the molecule is CC(c1nnc(-c2ccccc2)o1)N(C)Cc1ccccc1Br. The molecule has 1 aromatic heterocycles. The fourth-order valence-corrected chi connectivity index (χ4v) is 2.73. The molecule has 23 heavy (non-hydrogen) atoms. The molecule has 0 aliphatic rings. The molecule has 118 valence electrons. The lowest BCUT2D eigenvalue weighted by Crippen LogP contribution is -2.22. The number of aromatic nitrogens is 2. The number of benzene rings is 2. The molecular formula is C18H18BrN3O. The minimum Gasteiger partial charge on any atom is -0.419 e. The van der Waals surface area contributed by atoms with Crippen LogP contribution in [0.25, 0.3) is 11.5 Å². The number of hydrogen-bond donors (Lipinski definition) is 0. The van der Waals surface area contributed by atoms with Gasteiger partial charge in [0.1, 0.15) is 0 Å². The van der Waals surface area contributed by atoms with Crippen molar-refractivity contribution in [3.8, 4) is 11.5 Å². The maximum absolute atomic E-state index is 5.84. The van der Waals surface area contributed by atoms with Gasteiger partial charge in [0.15, 0.2) is 0 Å². The van der Waals surface area contributed by atoms with Gasteiger partial charge in [-0.2, -0.15) is 0 Å². The molecule has 4 nitrogen and oxygen atoms in total. The van der Waals surface area contributed by atoms with E-state index in [-0.39, 0.29) is 6.04 Å². The van der Waals surface area contributed by atoms with Crippen molar-refractivity contribution in [2.45, 2.75) is 19.5 Å². The number of rotatable bonds is 5. The van der Waals surface area contributed by atoms with Crippen LogP contribution in [0.3, 0.4) is 0 Å². The van der Waals surface area contributed by atoms with Gasteiger partial charge in [0.2, 0.25) is 11.8 Å². The Bertz CT molecular complexity index is 773. The summed E-state index contributed by atoms with van der Waals surface area (Å²) < 4.78 is 6.95. The average Bonchev–Trinajstić information content (AvgIpc) is 3.07. The Morgan fingerprint density at radius 2 is 1.74 bits per heavy atom. The molecule has 1 atom stereocenters. The van der Waals surface area contributed by atoms with Gasteiger partial charge in [-0.05, 0) is 37.7 Å². The van der Waals surface area contributed by atoms with Gasteiger partial charge in [-0.3, -0.25) is 4.90 Å². The number of halogens is 1. The summed E-state index contributed by atoms with van der Waals surface area (Å²) in [6.07, 6.45) is 0. The van der Waals surface area contributed by atoms with Crippen molar-refractivity contribution >= 4 is 15.9 Å². The Morgan fingerprint density at radius 3 is 2.48 bits per heavy atom. The molecule has 0 fully saturated rings. The van der Waals surface area contributed by atoms with E-state index in [0.717, 1.165) is 16.6 Å². The highest BCUT2D eigenvalue weighted by molar-refractivity contribution is 9.10. The monoisotopic (exact) mass is 371 g/mol. The number of hydrogen-bond acceptors (Lipinski definition) is 4. The first kappa shape index (κ1) is 15.9. The highest BCUT2D eigenvalue weighted by atomic mass is 79.9. The quantitative estimate of drug-likeness (QED) is 0.652. The van der Waals surface area contributed by atoms with Crippen LogP contribution in [-0.4, -0.2) is 22.1 Å². The van der Waals surface area contributed by atoms with Gasteiger partial charge >= 0.3 is 0 Å². The van der Waals surface area contributed by atoms with Gasteiger partial charge in [0.05, 0.1) is 6.04 Å². The van der Waals surface area contributed by atoms with Crippen molar-refractivity contribution in [3.63, 3.8) is 0 Å². The lowest BCUT2D eigenvalue weighted by Gasteiger charge is -2.22. The molecule has 0 aliphatic heterocycles. The predicted octanol–water partition coefficient (Wildman–Crippen LogP) is 4.69. The van der Waals surface area contributed by atoms with Gasteiger partial charge in [-0.1, -0.05) is 52.3 Å². The molecule has 0 radical (unpaired) electrons. The van der Waals surface area contributed by atoms with Crippen LogP contribution < -0.4 is 0 Å². The summed E-state index contributed by atoms with van der Waals surface area (Å²) in [4.78, 5) is 2.18. The normalized spacial score (nSPS) is 12.5. The van der Waals surface area contributed by atoms with Crippen LogP contribution in [0.1, 0.15) is 24.4 Å². The summed E-state index contributed by atoms with van der Waals surface area (Å²) in [7, 11) is 2.05. The Hall–Kier alpha value is -1.98. The van der Waals surface area contributed by atoms with Crippen molar-refractivity contribution in [1.82, 2.24) is 15.1 Å². The predicted molar refractivity (Wildman–Crippen MR) is 93.8 cm³/mol. The molecule has 3 aromatic rings. The molecule has 2 aromatic carbocycles. The maximum Gasteiger partial charge on any atom is 0.247 e. The first-order valence-corrected chi connectivity index (χ1v) is 8.27. The van der Waals surface area contributed by atoms with Gasteiger partial charge < -0.3 is 4.42 Å². The van der Waals surface area contributed by atoms with Crippen LogP contribution in [0.2, 0.25) is 0 Å². The van der Waals surface area contributed by atoms with Crippen LogP contribution in [0.5, 0.6) is 0 Å². The highest BCUT2D eigenvalue weighted by Gasteiger charge is 2.19. The molecule has 1 unspecified atom stereocenters. The zero-order valence-electron chi connectivity index (χ0n) is 13.1. The van der Waals surface area contributed by atoms with E-state index in [1.165, 1.54) is 5.56 Å². The lowest BCUT2D eigenvalue weighted by molar-refractivity contribution is 0.217. The maximum atomic E-state index is 5.84. The fraction of sp³-hybridized carbons (Fsp3) is 0.222. The zero-order chi connectivity index (χ0) is 16.2. The Kier molecular flexibility index (Phi) is 4.88. The summed E-state index contributed by atoms with van der Waals surface area (Å²) in [5, 5.41) is 8.37. The van der Waals surface area contributed by atoms with Gasteiger partial charge in [-0.15, -0.1) is 10.2 Å². The first-order valence-electron chi connectivity index (χ1n) is 7.47. The molecule has 0 saturated heterocycles. The van der Waals surface area contributed by atoms with Crippen molar-refractivity contribution in [1.29, 1.82) is 0 Å². The second-order valence-corrected chi connectivity index (χ2v) is 6.35. The van der Waals surface area contributed by atoms with E-state index in [2.05, 4.69) is 51.1 Å². The molecule has 3 rings (SSSR count). The van der Waals surface area contributed by atoms with Crippen LogP contribution in [0, 0.1) is 0 Å². The summed E-state index contributed by atoms with van der Waals surface area (Å²) in [5.74, 6) is 1.18. The third-order valence-electron chi connectivity index (χ3n) is 3.86. The largest absolute Gasteiger partial charge is 0.419 e. The third-order valence-corrected chi connectivity index (χ3v) is 4.63. The molecule has 5 heteroatoms. The molecule has 0 spiro atoms. The van der Waals surface area contributed by atoms with E-state index in [0.29, 0.717) is 11.8 Å². The molecule has 0 aliphatic carbocycles. The van der Waals surface area contributed by atoms with Crippen molar-refractivity contribution in [2.24, 2.45) is 0 Å². The molecule has 0 amide bonds. The topological polar surface area (TPSA) is 42.2 Å². The van der Waals surface area contributed by atoms with E-state index >= 15 is 0 Å². The summed E-state index contributed by atoms with van der Waals surface area (Å²) in [6.45, 7) is 2.87. The van der Waals surface area contributed by atoms with Crippen molar-refractivity contribution in [3.05, 3.63) is 70.5 Å². The Morgan fingerprint density at radius 1 is 1.04 bits per heavy atom. The van der Waals surface area contributed by atoms with Crippen molar-refractivity contribution < 1.29 is 4.42 Å². The minimum atomic E-state index is 0.0343. The number of nitrogens with zero attached hydrogens (tertiary/aromatic N) is 3. The average molecular weight is 372 g/mol. The molecular weight excluding hydrogens is 354 g/mol. The second-order valence-electron chi connectivity index (χ2n) is 5.49.